The molecule has 0 radical (unpaired) electrons. The van der Waals surface area contributed by atoms with E-state index in [0.29, 0.717) is 5.02 Å². The number of hydrogen-bond acceptors (Lipinski definition) is 1. The van der Waals surface area contributed by atoms with E-state index in [4.69, 9.17) is 23.8 Å². The zero-order chi connectivity index (χ0) is 9.14. The van der Waals surface area contributed by atoms with Gasteiger partial charge < -0.3 is 5.73 Å². The van der Waals surface area contributed by atoms with E-state index in [9.17, 15) is 0 Å². The van der Waals surface area contributed by atoms with Crippen LogP contribution >= 0.6 is 27.5 Å². The van der Waals surface area contributed by atoms with Crippen LogP contribution in [0.2, 0.25) is 5.02 Å². The van der Waals surface area contributed by atoms with Gasteiger partial charge in [0.05, 0.1) is 11.1 Å². The van der Waals surface area contributed by atoms with E-state index in [-0.39, 0.29) is 6.04 Å². The number of hydrogen-bond donors (Lipinski definition) is 1. The Kier molecular flexibility index (Phi) is 3.16. The molecule has 3 heteroatoms. The van der Waals surface area contributed by atoms with Crippen LogP contribution in [0.4, 0.5) is 0 Å². The minimum Gasteiger partial charge on any atom is -0.314 e. The zero-order valence-electron chi connectivity index (χ0n) is 6.22. The lowest BCUT2D eigenvalue weighted by Gasteiger charge is -2.05. The summed E-state index contributed by atoms with van der Waals surface area (Å²) in [5.74, 6) is 2.43. The summed E-state index contributed by atoms with van der Waals surface area (Å²) in [4.78, 5) is 0. The molecule has 0 heterocycles. The Bertz CT molecular complexity index is 330. The van der Waals surface area contributed by atoms with Crippen LogP contribution in [0.3, 0.4) is 0 Å². The molecular formula is C9H7BrClN. The minimum atomic E-state index is -0.379. The molecule has 0 fully saturated rings. The van der Waals surface area contributed by atoms with Crippen LogP contribution in [-0.4, -0.2) is 0 Å². The molecule has 1 aromatic carbocycles. The maximum Gasteiger partial charge on any atom is 0.0918 e. The van der Waals surface area contributed by atoms with Crippen molar-refractivity contribution in [3.05, 3.63) is 33.3 Å². The smallest absolute Gasteiger partial charge is 0.0918 e. The number of nitrogens with two attached hydrogens (primary N) is 1. The van der Waals surface area contributed by atoms with Crippen molar-refractivity contribution in [3.8, 4) is 12.3 Å². The van der Waals surface area contributed by atoms with Gasteiger partial charge in [-0.3, -0.25) is 0 Å². The Hall–Kier alpha value is -0.490. The molecule has 1 aromatic rings. The van der Waals surface area contributed by atoms with Crippen molar-refractivity contribution in [2.45, 2.75) is 6.04 Å². The predicted octanol–water partition coefficient (Wildman–Crippen LogP) is 2.74. The molecule has 0 saturated heterocycles. The normalized spacial score (nSPS) is 12.2. The second kappa shape index (κ2) is 3.95. The van der Waals surface area contributed by atoms with Gasteiger partial charge in [0.15, 0.2) is 0 Å². The van der Waals surface area contributed by atoms with Gasteiger partial charge in [0, 0.05) is 4.47 Å². The minimum absolute atomic E-state index is 0.379. The van der Waals surface area contributed by atoms with Crippen LogP contribution in [0.5, 0.6) is 0 Å². The molecule has 0 aliphatic carbocycles. The summed E-state index contributed by atoms with van der Waals surface area (Å²) in [6.45, 7) is 0. The van der Waals surface area contributed by atoms with E-state index in [2.05, 4.69) is 21.9 Å². The number of terminal acetylenes is 1. The summed E-state index contributed by atoms with van der Waals surface area (Å²) in [6, 6.07) is 5.06. The summed E-state index contributed by atoms with van der Waals surface area (Å²) in [5.41, 5.74) is 6.46. The maximum atomic E-state index is 5.84. The van der Waals surface area contributed by atoms with Gasteiger partial charge in [-0.1, -0.05) is 23.6 Å². The van der Waals surface area contributed by atoms with Crippen molar-refractivity contribution in [2.75, 3.05) is 0 Å². The lowest BCUT2D eigenvalue weighted by atomic mass is 10.1. The average molecular weight is 245 g/mol. The fraction of sp³-hybridized carbons (Fsp3) is 0.111. The molecule has 1 nitrogen and oxygen atoms in total. The molecule has 12 heavy (non-hydrogen) atoms. The average Bonchev–Trinajstić information content (AvgIpc) is 2.08. The van der Waals surface area contributed by atoms with E-state index >= 15 is 0 Å². The molecule has 62 valence electrons. The largest absolute Gasteiger partial charge is 0.314 e. The molecule has 0 amide bonds. The lowest BCUT2D eigenvalue weighted by molar-refractivity contribution is 0.946. The van der Waals surface area contributed by atoms with Crippen molar-refractivity contribution in [2.24, 2.45) is 5.73 Å². The van der Waals surface area contributed by atoms with Gasteiger partial charge in [-0.15, -0.1) is 6.42 Å². The summed E-state index contributed by atoms with van der Waals surface area (Å²) in [5, 5.41) is 0.623. The molecule has 0 saturated carbocycles. The van der Waals surface area contributed by atoms with Crippen molar-refractivity contribution < 1.29 is 0 Å². The predicted molar refractivity (Wildman–Crippen MR) is 54.9 cm³/mol. The standard InChI is InChI=1S/C9H7BrClN/c1-2-9(12)6-3-4-7(10)8(11)5-6/h1,3-5,9H,12H2. The first kappa shape index (κ1) is 9.60. The van der Waals surface area contributed by atoms with Gasteiger partial charge in [0.25, 0.3) is 0 Å². The maximum absolute atomic E-state index is 5.84. The van der Waals surface area contributed by atoms with Crippen molar-refractivity contribution in [1.29, 1.82) is 0 Å². The first-order valence-corrected chi connectivity index (χ1v) is 4.49. The van der Waals surface area contributed by atoms with Crippen LogP contribution in [-0.2, 0) is 0 Å². The molecular weight excluding hydrogens is 237 g/mol. The van der Waals surface area contributed by atoms with Crippen LogP contribution in [0.15, 0.2) is 22.7 Å². The summed E-state index contributed by atoms with van der Waals surface area (Å²) in [6.07, 6.45) is 5.16. The third kappa shape index (κ3) is 2.01. The van der Waals surface area contributed by atoms with Crippen molar-refractivity contribution in [3.63, 3.8) is 0 Å². The summed E-state index contributed by atoms with van der Waals surface area (Å²) < 4.78 is 0.845. The third-order valence-corrected chi connectivity index (χ3v) is 2.71. The third-order valence-electron chi connectivity index (χ3n) is 1.48. The van der Waals surface area contributed by atoms with Crippen LogP contribution in [0.1, 0.15) is 11.6 Å². The molecule has 1 unspecified atom stereocenters. The highest BCUT2D eigenvalue weighted by Crippen LogP contribution is 2.24. The number of rotatable bonds is 1. The van der Waals surface area contributed by atoms with Gasteiger partial charge in [-0.2, -0.15) is 0 Å². The van der Waals surface area contributed by atoms with Gasteiger partial charge in [-0.25, -0.2) is 0 Å². The Labute approximate surface area is 85.0 Å². The summed E-state index contributed by atoms with van der Waals surface area (Å²) in [7, 11) is 0. The molecule has 0 spiro atoms. The van der Waals surface area contributed by atoms with Crippen molar-refractivity contribution in [1.82, 2.24) is 0 Å². The highest BCUT2D eigenvalue weighted by atomic mass is 79.9. The van der Waals surface area contributed by atoms with E-state index in [1.807, 2.05) is 12.1 Å². The molecule has 2 N–H and O–H groups in total. The quantitative estimate of drug-likeness (QED) is 0.755. The second-order valence-electron chi connectivity index (χ2n) is 2.32. The Balaban J connectivity index is 3.06. The Morgan fingerprint density at radius 3 is 2.75 bits per heavy atom. The van der Waals surface area contributed by atoms with Gasteiger partial charge in [0.2, 0.25) is 0 Å². The molecule has 0 aromatic heterocycles. The highest BCUT2D eigenvalue weighted by Gasteiger charge is 2.03. The monoisotopic (exact) mass is 243 g/mol. The molecule has 0 bridgehead atoms. The molecule has 1 atom stereocenters. The van der Waals surface area contributed by atoms with Crippen LogP contribution < -0.4 is 5.73 Å². The topological polar surface area (TPSA) is 26.0 Å². The van der Waals surface area contributed by atoms with E-state index in [1.54, 1.807) is 6.07 Å². The van der Waals surface area contributed by atoms with Crippen LogP contribution in [0.25, 0.3) is 0 Å². The Morgan fingerprint density at radius 2 is 2.25 bits per heavy atom. The SMILES string of the molecule is C#CC(N)c1ccc(Br)c(Cl)c1. The number of benzene rings is 1. The van der Waals surface area contributed by atoms with Crippen LogP contribution in [0, 0.1) is 12.3 Å². The number of halogens is 2. The molecule has 0 aliphatic rings. The zero-order valence-corrected chi connectivity index (χ0v) is 8.56. The molecule has 0 aliphatic heterocycles. The fourth-order valence-electron chi connectivity index (χ4n) is 0.802. The first-order chi connectivity index (χ1) is 5.65. The van der Waals surface area contributed by atoms with E-state index in [1.165, 1.54) is 0 Å². The van der Waals surface area contributed by atoms with E-state index in [0.717, 1.165) is 10.0 Å². The highest BCUT2D eigenvalue weighted by molar-refractivity contribution is 9.10. The van der Waals surface area contributed by atoms with Gasteiger partial charge in [-0.05, 0) is 33.6 Å². The summed E-state index contributed by atoms with van der Waals surface area (Å²) >= 11 is 9.12. The lowest BCUT2D eigenvalue weighted by Crippen LogP contribution is -2.06. The fourth-order valence-corrected chi connectivity index (χ4v) is 1.24. The second-order valence-corrected chi connectivity index (χ2v) is 3.58. The van der Waals surface area contributed by atoms with Gasteiger partial charge in [0.1, 0.15) is 0 Å². The van der Waals surface area contributed by atoms with Gasteiger partial charge >= 0.3 is 0 Å². The van der Waals surface area contributed by atoms with Crippen molar-refractivity contribution >= 4 is 27.5 Å². The first-order valence-electron chi connectivity index (χ1n) is 3.32. The molecule has 1 rings (SSSR count). The van der Waals surface area contributed by atoms with E-state index < -0.39 is 0 Å². The Morgan fingerprint density at radius 1 is 1.58 bits per heavy atom.